The normalized spacial score (nSPS) is 9.86. The molecular formula is C9H12N2OS2. The molecule has 0 saturated carbocycles. The van der Waals surface area contributed by atoms with Crippen LogP contribution in [0.4, 0.5) is 0 Å². The summed E-state index contributed by atoms with van der Waals surface area (Å²) in [5.41, 5.74) is 0.811. The maximum Gasteiger partial charge on any atom is 0.248 e. The quantitative estimate of drug-likeness (QED) is 0.738. The average Bonchev–Trinajstić information content (AvgIpc) is 2.21. The summed E-state index contributed by atoms with van der Waals surface area (Å²) in [6, 6.07) is 5.59. The van der Waals surface area contributed by atoms with Crippen LogP contribution < -0.4 is 0 Å². The van der Waals surface area contributed by atoms with Crippen LogP contribution in [-0.2, 0) is 11.2 Å². The van der Waals surface area contributed by atoms with Crippen LogP contribution in [0.1, 0.15) is 5.69 Å². The lowest BCUT2D eigenvalue weighted by Crippen LogP contribution is -2.19. The second-order valence-corrected chi connectivity index (χ2v) is 4.21. The van der Waals surface area contributed by atoms with Crippen LogP contribution in [0.25, 0.3) is 0 Å². The number of pyridine rings is 1. The molecule has 1 aromatic heterocycles. The molecule has 0 aromatic carbocycles. The average molecular weight is 228 g/mol. The van der Waals surface area contributed by atoms with Gasteiger partial charge in [0, 0.05) is 24.4 Å². The zero-order valence-corrected chi connectivity index (χ0v) is 9.77. The van der Waals surface area contributed by atoms with Crippen LogP contribution in [0, 0.1) is 0 Å². The molecule has 14 heavy (non-hydrogen) atoms. The Bertz CT molecular complexity index is 288. The number of aromatic nitrogens is 1. The molecule has 0 spiro atoms. The minimum absolute atomic E-state index is 0.0729. The maximum absolute atomic E-state index is 11.6. The van der Waals surface area contributed by atoms with Gasteiger partial charge in [0.15, 0.2) is 0 Å². The number of hydrogen-bond donors (Lipinski definition) is 0. The van der Waals surface area contributed by atoms with Gasteiger partial charge in [0.05, 0.1) is 6.42 Å². The number of amides is 1. The van der Waals surface area contributed by atoms with Gasteiger partial charge in [-0.2, -0.15) is 0 Å². The summed E-state index contributed by atoms with van der Waals surface area (Å²) in [6.45, 7) is 0. The number of carbonyl (C=O) groups is 1. The summed E-state index contributed by atoms with van der Waals surface area (Å²) in [4.78, 5) is 15.7. The molecule has 0 bridgehead atoms. The summed E-state index contributed by atoms with van der Waals surface area (Å²) in [5, 5.41) is 0. The summed E-state index contributed by atoms with van der Waals surface area (Å²) < 4.78 is 1.65. The van der Waals surface area contributed by atoms with Crippen LogP contribution in [-0.4, -0.2) is 27.1 Å². The van der Waals surface area contributed by atoms with E-state index in [1.54, 1.807) is 9.91 Å². The number of carbonyl (C=O) groups excluding carboxylic acids is 1. The lowest BCUT2D eigenvalue weighted by atomic mass is 10.3. The molecule has 76 valence electrons. The van der Waals surface area contributed by atoms with Gasteiger partial charge < -0.3 is 0 Å². The molecule has 0 N–H and O–H groups in total. The molecule has 0 saturated heterocycles. The van der Waals surface area contributed by atoms with Crippen LogP contribution >= 0.6 is 23.9 Å². The molecule has 3 nitrogen and oxygen atoms in total. The minimum Gasteiger partial charge on any atom is -0.273 e. The second kappa shape index (κ2) is 5.93. The highest BCUT2D eigenvalue weighted by atomic mass is 32.2. The highest BCUT2D eigenvalue weighted by molar-refractivity contribution is 8.12. The Kier molecular flexibility index (Phi) is 4.82. The minimum atomic E-state index is 0.0729. The monoisotopic (exact) mass is 228 g/mol. The van der Waals surface area contributed by atoms with Crippen molar-refractivity contribution in [3.05, 3.63) is 30.1 Å². The summed E-state index contributed by atoms with van der Waals surface area (Å²) in [7, 11) is 0. The van der Waals surface area contributed by atoms with Gasteiger partial charge in [-0.3, -0.25) is 9.78 Å². The smallest absolute Gasteiger partial charge is 0.248 e. The van der Waals surface area contributed by atoms with Crippen molar-refractivity contribution in [3.8, 4) is 0 Å². The summed E-state index contributed by atoms with van der Waals surface area (Å²) >= 11 is 2.83. The van der Waals surface area contributed by atoms with Crippen molar-refractivity contribution in [3.63, 3.8) is 0 Å². The van der Waals surface area contributed by atoms with E-state index in [-0.39, 0.29) is 5.91 Å². The molecular weight excluding hydrogens is 216 g/mol. The van der Waals surface area contributed by atoms with E-state index in [1.807, 2.05) is 30.7 Å². The van der Waals surface area contributed by atoms with Gasteiger partial charge in [-0.1, -0.05) is 6.07 Å². The molecule has 1 aromatic rings. The van der Waals surface area contributed by atoms with Gasteiger partial charge in [0.25, 0.3) is 0 Å². The third-order valence-corrected chi connectivity index (χ3v) is 3.56. The predicted octanol–water partition coefficient (Wildman–Crippen LogP) is 2.01. The fourth-order valence-electron chi connectivity index (χ4n) is 1.00. The van der Waals surface area contributed by atoms with Crippen LogP contribution in [0.2, 0.25) is 0 Å². The molecule has 0 radical (unpaired) electrons. The molecule has 0 aliphatic heterocycles. The van der Waals surface area contributed by atoms with Crippen LogP contribution in [0.3, 0.4) is 0 Å². The number of hydrogen-bond acceptors (Lipinski definition) is 4. The van der Waals surface area contributed by atoms with E-state index >= 15 is 0 Å². The Morgan fingerprint density at radius 1 is 1.43 bits per heavy atom. The van der Waals surface area contributed by atoms with E-state index in [0.29, 0.717) is 6.42 Å². The number of nitrogens with zero attached hydrogens (tertiary/aromatic N) is 2. The van der Waals surface area contributed by atoms with E-state index in [2.05, 4.69) is 4.98 Å². The summed E-state index contributed by atoms with van der Waals surface area (Å²) in [5.74, 6) is 0.0729. The molecule has 5 heteroatoms. The van der Waals surface area contributed by atoms with Crippen molar-refractivity contribution in [1.82, 2.24) is 8.69 Å². The molecule has 1 heterocycles. The first-order valence-electron chi connectivity index (χ1n) is 4.09. The molecule has 0 unspecified atom stereocenters. The zero-order valence-electron chi connectivity index (χ0n) is 8.14. The third-order valence-electron chi connectivity index (χ3n) is 1.59. The highest BCUT2D eigenvalue weighted by Crippen LogP contribution is 2.17. The Labute approximate surface area is 92.5 Å². The first-order valence-corrected chi connectivity index (χ1v) is 6.45. The summed E-state index contributed by atoms with van der Waals surface area (Å²) in [6.07, 6.45) is 5.83. The Balaban J connectivity index is 2.57. The van der Waals surface area contributed by atoms with E-state index in [4.69, 9.17) is 0 Å². The van der Waals surface area contributed by atoms with Crippen molar-refractivity contribution in [2.75, 3.05) is 12.5 Å². The number of rotatable bonds is 4. The van der Waals surface area contributed by atoms with Gasteiger partial charge in [0.2, 0.25) is 5.91 Å². The van der Waals surface area contributed by atoms with Crippen LogP contribution in [0.5, 0.6) is 0 Å². The Morgan fingerprint density at radius 2 is 2.14 bits per heavy atom. The fourth-order valence-corrected chi connectivity index (χ4v) is 2.13. The Hall–Kier alpha value is -0.680. The molecule has 0 aliphatic rings. The second-order valence-electron chi connectivity index (χ2n) is 2.51. The standard InChI is InChI=1S/C9H12N2OS2/c1-13-11(14-2)9(12)7-8-5-3-4-6-10-8/h3-6H,7H2,1-2H3. The first kappa shape index (κ1) is 11.4. The van der Waals surface area contributed by atoms with E-state index in [0.717, 1.165) is 5.69 Å². The SMILES string of the molecule is CSN(SC)C(=O)Cc1ccccn1. The fraction of sp³-hybridized carbons (Fsp3) is 0.333. The van der Waals surface area contributed by atoms with Gasteiger partial charge >= 0.3 is 0 Å². The van der Waals surface area contributed by atoms with Crippen molar-refractivity contribution in [2.45, 2.75) is 6.42 Å². The van der Waals surface area contributed by atoms with Gasteiger partial charge in [-0.05, 0) is 36.0 Å². The largest absolute Gasteiger partial charge is 0.273 e. The molecule has 1 amide bonds. The van der Waals surface area contributed by atoms with Crippen molar-refractivity contribution in [2.24, 2.45) is 0 Å². The van der Waals surface area contributed by atoms with E-state index < -0.39 is 0 Å². The highest BCUT2D eigenvalue weighted by Gasteiger charge is 2.12. The van der Waals surface area contributed by atoms with Gasteiger partial charge in [0.1, 0.15) is 0 Å². The maximum atomic E-state index is 11.6. The lowest BCUT2D eigenvalue weighted by Gasteiger charge is -2.14. The van der Waals surface area contributed by atoms with Crippen molar-refractivity contribution >= 4 is 29.8 Å². The predicted molar refractivity (Wildman–Crippen MR) is 61.8 cm³/mol. The molecule has 0 aliphatic carbocycles. The Morgan fingerprint density at radius 3 is 2.64 bits per heavy atom. The van der Waals surface area contributed by atoms with Crippen molar-refractivity contribution in [1.29, 1.82) is 0 Å². The zero-order chi connectivity index (χ0) is 10.4. The first-order chi connectivity index (χ1) is 6.77. The van der Waals surface area contributed by atoms with E-state index in [9.17, 15) is 4.79 Å². The molecule has 1 rings (SSSR count). The van der Waals surface area contributed by atoms with Crippen molar-refractivity contribution < 1.29 is 4.79 Å². The van der Waals surface area contributed by atoms with Crippen LogP contribution in [0.15, 0.2) is 24.4 Å². The lowest BCUT2D eigenvalue weighted by molar-refractivity contribution is -0.122. The molecule has 0 atom stereocenters. The van der Waals surface area contributed by atoms with Gasteiger partial charge in [-0.25, -0.2) is 3.71 Å². The third kappa shape index (κ3) is 3.23. The van der Waals surface area contributed by atoms with E-state index in [1.165, 1.54) is 23.9 Å². The van der Waals surface area contributed by atoms with Gasteiger partial charge in [-0.15, -0.1) is 0 Å². The molecule has 0 fully saturated rings. The topological polar surface area (TPSA) is 33.2 Å².